The number of aromatic nitrogens is 2. The van der Waals surface area contributed by atoms with E-state index in [0.29, 0.717) is 24.8 Å². The predicted molar refractivity (Wildman–Crippen MR) is 123 cm³/mol. The van der Waals surface area contributed by atoms with Gasteiger partial charge in [0.25, 0.3) is 5.91 Å². The summed E-state index contributed by atoms with van der Waals surface area (Å²) >= 11 is 0. The highest BCUT2D eigenvalue weighted by atomic mass is 16.7. The molecule has 0 aromatic carbocycles. The molecule has 0 aliphatic carbocycles. The number of aliphatic hydroxyl groups is 1. The highest BCUT2D eigenvalue weighted by Crippen LogP contribution is 2.31. The number of hydrogen-bond donors (Lipinski definition) is 2. The van der Waals surface area contributed by atoms with E-state index in [-0.39, 0.29) is 36.1 Å². The highest BCUT2D eigenvalue weighted by molar-refractivity contribution is 6.02. The first-order chi connectivity index (χ1) is 15.6. The third-order valence-corrected chi connectivity index (χ3v) is 6.36. The summed E-state index contributed by atoms with van der Waals surface area (Å²) in [5.41, 5.74) is 0.0438. The Morgan fingerprint density at radius 1 is 1.30 bits per heavy atom. The molecule has 0 radical (unpaired) electrons. The number of rotatable bonds is 6. The van der Waals surface area contributed by atoms with Crippen LogP contribution in [0.2, 0.25) is 0 Å². The van der Waals surface area contributed by atoms with Gasteiger partial charge in [-0.15, -0.1) is 0 Å². The Hall–Kier alpha value is -2.11. The summed E-state index contributed by atoms with van der Waals surface area (Å²) in [6.07, 6.45) is 2.70. The molecule has 1 unspecified atom stereocenters. The minimum Gasteiger partial charge on any atom is -0.391 e. The molecular weight excluding hydrogens is 428 g/mol. The van der Waals surface area contributed by atoms with Gasteiger partial charge in [-0.05, 0) is 60.7 Å². The fourth-order valence-corrected chi connectivity index (χ4v) is 4.45. The molecular formula is C23H36N4O6. The molecule has 2 N–H and O–H groups in total. The molecule has 2 saturated heterocycles. The van der Waals surface area contributed by atoms with Gasteiger partial charge < -0.3 is 29.5 Å². The van der Waals surface area contributed by atoms with Crippen molar-refractivity contribution in [1.82, 2.24) is 14.5 Å². The smallest absolute Gasteiger partial charge is 0.351 e. The van der Waals surface area contributed by atoms with Crippen molar-refractivity contribution < 1.29 is 24.1 Å². The van der Waals surface area contributed by atoms with E-state index in [4.69, 9.17) is 14.2 Å². The maximum Gasteiger partial charge on any atom is 0.351 e. The Balaban J connectivity index is 1.58. The number of hydrogen-bond acceptors (Lipinski definition) is 8. The quantitative estimate of drug-likeness (QED) is 0.611. The monoisotopic (exact) mass is 464 g/mol. The van der Waals surface area contributed by atoms with Crippen molar-refractivity contribution in [1.29, 1.82) is 0 Å². The van der Waals surface area contributed by atoms with Crippen LogP contribution in [0.15, 0.2) is 28.7 Å². The second-order valence-corrected chi connectivity index (χ2v) is 9.00. The largest absolute Gasteiger partial charge is 0.391 e. The van der Waals surface area contributed by atoms with Crippen LogP contribution in [-0.4, -0.2) is 76.3 Å². The summed E-state index contributed by atoms with van der Waals surface area (Å²) in [6.45, 7) is 7.29. The summed E-state index contributed by atoms with van der Waals surface area (Å²) in [5.74, 6) is -0.100. The van der Waals surface area contributed by atoms with Gasteiger partial charge in [-0.3, -0.25) is 9.36 Å². The van der Waals surface area contributed by atoms with Gasteiger partial charge in [0.15, 0.2) is 6.29 Å². The lowest BCUT2D eigenvalue weighted by molar-refractivity contribution is -0.273. The fraction of sp³-hybridized carbons (Fsp3) is 0.696. The maximum atomic E-state index is 12.5. The number of aliphatic hydroxyl groups excluding tert-OH is 1. The lowest BCUT2D eigenvalue weighted by atomic mass is 9.98. The molecule has 2 aliphatic rings. The molecule has 1 aromatic rings. The number of carbonyl (C=O) groups excluding carboxylic acids is 1. The SMILES string of the molecule is C/C=C(\C)C(=O)Nc1ccn([C@H]2CC[C@H](OC3C[C@H](O)[C@H](N(C)C)[C@@H](C)O3)[C@@H](C)O2)c(=O)n1. The van der Waals surface area contributed by atoms with E-state index in [9.17, 15) is 14.7 Å². The number of allylic oxidation sites excluding steroid dienone is 1. The standard InChI is InChI=1S/C23H36N4O6/c1-7-13(2)22(29)24-18-10-11-27(23(30)25-18)19-9-8-17(14(3)31-19)33-20-12-16(28)21(26(5)6)15(4)32-20/h7,10-11,14-17,19-21,28H,8-9,12H2,1-6H3,(H,24,25,29,30)/b13-7+/t14-,15-,16+,17+,19-,20?,21-/m1/s1. The first-order valence-corrected chi connectivity index (χ1v) is 11.4. The summed E-state index contributed by atoms with van der Waals surface area (Å²) in [7, 11) is 3.85. The number of amides is 1. The lowest BCUT2D eigenvalue weighted by Crippen LogP contribution is -2.55. The molecule has 3 heterocycles. The van der Waals surface area contributed by atoms with Gasteiger partial charge in [-0.2, -0.15) is 4.98 Å². The number of likely N-dealkylation sites (N-methyl/N-ethyl adjacent to an activating group) is 1. The molecule has 7 atom stereocenters. The Morgan fingerprint density at radius 3 is 2.61 bits per heavy atom. The van der Waals surface area contributed by atoms with Crippen molar-refractivity contribution in [2.45, 2.75) is 89.9 Å². The first-order valence-electron chi connectivity index (χ1n) is 11.4. The number of anilines is 1. The second kappa shape index (κ2) is 10.9. The van der Waals surface area contributed by atoms with Crippen molar-refractivity contribution in [2.75, 3.05) is 19.4 Å². The van der Waals surface area contributed by atoms with Gasteiger partial charge in [-0.25, -0.2) is 4.79 Å². The van der Waals surface area contributed by atoms with Crippen LogP contribution in [0.25, 0.3) is 0 Å². The highest BCUT2D eigenvalue weighted by Gasteiger charge is 2.40. The topological polar surface area (TPSA) is 115 Å². The van der Waals surface area contributed by atoms with Crippen LogP contribution in [0.4, 0.5) is 5.82 Å². The normalized spacial score (nSPS) is 33.2. The van der Waals surface area contributed by atoms with Gasteiger partial charge >= 0.3 is 5.69 Å². The number of ether oxygens (including phenoxy) is 3. The number of nitrogens with one attached hydrogen (secondary N) is 1. The molecule has 0 saturated carbocycles. The Morgan fingerprint density at radius 2 is 2.03 bits per heavy atom. The molecule has 0 spiro atoms. The molecule has 10 nitrogen and oxygen atoms in total. The zero-order valence-corrected chi connectivity index (χ0v) is 20.2. The van der Waals surface area contributed by atoms with Crippen LogP contribution in [-0.2, 0) is 19.0 Å². The van der Waals surface area contributed by atoms with Crippen molar-refractivity contribution in [3.05, 3.63) is 34.4 Å². The van der Waals surface area contributed by atoms with Crippen molar-refractivity contribution in [3.63, 3.8) is 0 Å². The molecule has 0 bridgehead atoms. The van der Waals surface area contributed by atoms with Crippen LogP contribution in [0.1, 0.15) is 53.2 Å². The average Bonchev–Trinajstić information content (AvgIpc) is 2.74. The lowest BCUT2D eigenvalue weighted by Gasteiger charge is -2.43. The first kappa shape index (κ1) is 25.5. The van der Waals surface area contributed by atoms with Crippen LogP contribution in [0, 0.1) is 0 Å². The molecule has 2 aliphatic heterocycles. The summed E-state index contributed by atoms with van der Waals surface area (Å²) in [6, 6.07) is 1.50. The minimum atomic E-state index is -0.540. The second-order valence-electron chi connectivity index (χ2n) is 9.00. The summed E-state index contributed by atoms with van der Waals surface area (Å²) < 4.78 is 19.6. The van der Waals surface area contributed by atoms with Crippen LogP contribution < -0.4 is 11.0 Å². The van der Waals surface area contributed by atoms with Crippen LogP contribution in [0.3, 0.4) is 0 Å². The molecule has 3 rings (SSSR count). The van der Waals surface area contributed by atoms with Crippen molar-refractivity contribution in [2.24, 2.45) is 0 Å². The van der Waals surface area contributed by atoms with Crippen LogP contribution in [0.5, 0.6) is 0 Å². The molecule has 1 aromatic heterocycles. The van der Waals surface area contributed by atoms with Gasteiger partial charge in [0, 0.05) is 18.2 Å². The van der Waals surface area contributed by atoms with Gasteiger partial charge in [0.2, 0.25) is 0 Å². The van der Waals surface area contributed by atoms with Crippen molar-refractivity contribution in [3.8, 4) is 0 Å². The Kier molecular flexibility index (Phi) is 8.41. The Bertz CT molecular complexity index is 904. The molecule has 184 valence electrons. The zero-order chi connectivity index (χ0) is 24.3. The molecule has 33 heavy (non-hydrogen) atoms. The van der Waals surface area contributed by atoms with Gasteiger partial charge in [0.05, 0.1) is 30.5 Å². The number of nitrogens with zero attached hydrogens (tertiary/aromatic N) is 3. The molecule has 10 heteroatoms. The minimum absolute atomic E-state index is 0.0803. The van der Waals surface area contributed by atoms with E-state index in [2.05, 4.69) is 10.3 Å². The van der Waals surface area contributed by atoms with Crippen molar-refractivity contribution >= 4 is 11.7 Å². The number of carbonyl (C=O) groups is 1. The van der Waals surface area contributed by atoms with E-state index in [1.807, 2.05) is 32.8 Å². The molecule has 1 amide bonds. The van der Waals surface area contributed by atoms with Gasteiger partial charge in [-0.1, -0.05) is 6.08 Å². The van der Waals surface area contributed by atoms with E-state index in [0.717, 1.165) is 0 Å². The van der Waals surface area contributed by atoms with E-state index < -0.39 is 24.3 Å². The Labute approximate surface area is 194 Å². The fourth-order valence-electron chi connectivity index (χ4n) is 4.45. The van der Waals surface area contributed by atoms with E-state index in [1.54, 1.807) is 32.2 Å². The van der Waals surface area contributed by atoms with E-state index in [1.165, 1.54) is 4.57 Å². The van der Waals surface area contributed by atoms with E-state index >= 15 is 0 Å². The predicted octanol–water partition coefficient (Wildman–Crippen LogP) is 1.66. The summed E-state index contributed by atoms with van der Waals surface area (Å²) in [4.78, 5) is 30.5. The van der Waals surface area contributed by atoms with Crippen LogP contribution >= 0.6 is 0 Å². The summed E-state index contributed by atoms with van der Waals surface area (Å²) in [5, 5.41) is 13.1. The average molecular weight is 465 g/mol. The third-order valence-electron chi connectivity index (χ3n) is 6.36. The molecule has 2 fully saturated rings. The third kappa shape index (κ3) is 6.07. The van der Waals surface area contributed by atoms with Gasteiger partial charge in [0.1, 0.15) is 12.0 Å². The maximum absolute atomic E-state index is 12.5. The zero-order valence-electron chi connectivity index (χ0n) is 20.2.